The molecule has 27 heavy (non-hydrogen) atoms. The van der Waals surface area contributed by atoms with E-state index in [1.165, 1.54) is 0 Å². The number of imidazole rings is 1. The molecule has 5 heterocycles. The van der Waals surface area contributed by atoms with Crippen LogP contribution in [0.1, 0.15) is 31.7 Å². The maximum absolute atomic E-state index is 5.86. The van der Waals surface area contributed by atoms with Gasteiger partial charge in [-0.1, -0.05) is 0 Å². The van der Waals surface area contributed by atoms with Crippen molar-refractivity contribution < 1.29 is 4.74 Å². The van der Waals surface area contributed by atoms with Crippen molar-refractivity contribution >= 4 is 22.9 Å². The second-order valence-electron chi connectivity index (χ2n) is 7.13. The maximum Gasteiger partial charge on any atom is 0.185 e. The lowest BCUT2D eigenvalue weighted by Gasteiger charge is -2.24. The first-order valence-electron chi connectivity index (χ1n) is 9.34. The smallest absolute Gasteiger partial charge is 0.185 e. The Morgan fingerprint density at radius 2 is 2.19 bits per heavy atom. The molecule has 5 rings (SSSR count). The molecule has 8 heteroatoms. The molecule has 140 valence electrons. The van der Waals surface area contributed by atoms with E-state index in [-0.39, 0.29) is 6.17 Å². The number of hydrazine groups is 1. The van der Waals surface area contributed by atoms with Crippen LogP contribution in [-0.2, 0) is 6.42 Å². The molecule has 0 radical (unpaired) electrons. The molecule has 1 atom stereocenters. The Labute approximate surface area is 157 Å². The molecule has 0 fully saturated rings. The van der Waals surface area contributed by atoms with E-state index in [4.69, 9.17) is 14.7 Å². The zero-order valence-electron chi connectivity index (χ0n) is 15.8. The highest BCUT2D eigenvalue weighted by Gasteiger charge is 2.29. The van der Waals surface area contributed by atoms with Crippen LogP contribution in [-0.4, -0.2) is 45.3 Å². The number of aryl methyl sites for hydroxylation is 2. The third-order valence-electron chi connectivity index (χ3n) is 5.29. The van der Waals surface area contributed by atoms with Crippen molar-refractivity contribution in [2.75, 3.05) is 18.5 Å². The molecule has 2 aromatic heterocycles. The van der Waals surface area contributed by atoms with Crippen molar-refractivity contribution in [3.05, 3.63) is 35.5 Å². The van der Waals surface area contributed by atoms with E-state index in [2.05, 4.69) is 39.3 Å². The third-order valence-corrected chi connectivity index (χ3v) is 5.29. The van der Waals surface area contributed by atoms with Gasteiger partial charge in [-0.3, -0.25) is 10.0 Å². The summed E-state index contributed by atoms with van der Waals surface area (Å²) in [6.07, 6.45) is 5.67. The number of nitrogens with one attached hydrogen (secondary N) is 2. The van der Waals surface area contributed by atoms with Gasteiger partial charge < -0.3 is 14.5 Å². The van der Waals surface area contributed by atoms with Crippen LogP contribution in [0.2, 0.25) is 0 Å². The Balaban J connectivity index is 1.38. The number of hydrogen-bond acceptors (Lipinski definition) is 7. The first-order chi connectivity index (χ1) is 13.1. The number of nitrogens with zero attached hydrogens (tertiary/aromatic N) is 5. The summed E-state index contributed by atoms with van der Waals surface area (Å²) in [5.74, 6) is 1.77. The third kappa shape index (κ3) is 2.59. The second kappa shape index (κ2) is 6.09. The van der Waals surface area contributed by atoms with Crippen LogP contribution < -0.4 is 15.5 Å². The van der Waals surface area contributed by atoms with Gasteiger partial charge >= 0.3 is 0 Å². The van der Waals surface area contributed by atoms with E-state index in [0.29, 0.717) is 6.61 Å². The van der Waals surface area contributed by atoms with E-state index in [1.807, 2.05) is 25.1 Å². The molecule has 0 bridgehead atoms. The predicted molar refractivity (Wildman–Crippen MR) is 105 cm³/mol. The standard InChI is InChI=1S/C19H23N7O/c1-11-10-21-12(2)18-23-16(24-26(11)18)5-4-14-13(3)25-8-6-15-17(19(25)22-14)27-9-7-20-15/h6,8,10,16,20,24H,4-5,7,9H2,1-3H3. The van der Waals surface area contributed by atoms with Crippen molar-refractivity contribution in [2.24, 2.45) is 9.98 Å². The molecule has 8 nitrogen and oxygen atoms in total. The summed E-state index contributed by atoms with van der Waals surface area (Å²) in [5.41, 5.74) is 9.60. The van der Waals surface area contributed by atoms with E-state index in [0.717, 1.165) is 65.1 Å². The largest absolute Gasteiger partial charge is 0.486 e. The summed E-state index contributed by atoms with van der Waals surface area (Å²) in [7, 11) is 0. The Morgan fingerprint density at radius 1 is 1.30 bits per heavy atom. The quantitative estimate of drug-likeness (QED) is 0.872. The van der Waals surface area contributed by atoms with Crippen molar-refractivity contribution in [3.63, 3.8) is 0 Å². The minimum absolute atomic E-state index is 0.0302. The van der Waals surface area contributed by atoms with Crippen LogP contribution >= 0.6 is 0 Å². The number of aliphatic imine (C=N–C) groups is 2. The lowest BCUT2D eigenvalue weighted by molar-refractivity contribution is 0.325. The molecule has 3 aliphatic heterocycles. The summed E-state index contributed by atoms with van der Waals surface area (Å²) >= 11 is 0. The molecule has 2 aromatic rings. The number of fused-ring (bicyclic) bond motifs is 4. The van der Waals surface area contributed by atoms with Gasteiger partial charge in [0.2, 0.25) is 0 Å². The summed E-state index contributed by atoms with van der Waals surface area (Å²) in [6, 6.07) is 2.06. The first-order valence-corrected chi connectivity index (χ1v) is 9.34. The predicted octanol–water partition coefficient (Wildman–Crippen LogP) is 2.26. The zero-order valence-corrected chi connectivity index (χ0v) is 15.8. The lowest BCUT2D eigenvalue weighted by atomic mass is 10.2. The number of anilines is 1. The molecule has 0 aromatic carbocycles. The second-order valence-corrected chi connectivity index (χ2v) is 7.13. The highest BCUT2D eigenvalue weighted by atomic mass is 16.5. The van der Waals surface area contributed by atoms with Gasteiger partial charge in [-0.05, 0) is 39.7 Å². The van der Waals surface area contributed by atoms with E-state index in [9.17, 15) is 0 Å². The fourth-order valence-corrected chi connectivity index (χ4v) is 3.78. The molecule has 0 aliphatic carbocycles. The number of allylic oxidation sites excluding steroid dienone is 1. The van der Waals surface area contributed by atoms with Gasteiger partial charge in [-0.2, -0.15) is 0 Å². The molecular formula is C19H23N7O. The molecule has 0 saturated heterocycles. The Morgan fingerprint density at radius 3 is 3.04 bits per heavy atom. The molecule has 0 saturated carbocycles. The average Bonchev–Trinajstić information content (AvgIpc) is 3.26. The molecular weight excluding hydrogens is 342 g/mol. The van der Waals surface area contributed by atoms with Gasteiger partial charge in [-0.25, -0.2) is 15.4 Å². The Kier molecular flexibility index (Phi) is 3.68. The molecule has 1 unspecified atom stereocenters. The van der Waals surface area contributed by atoms with Crippen LogP contribution in [0.3, 0.4) is 0 Å². The lowest BCUT2D eigenvalue weighted by Crippen LogP contribution is -2.42. The van der Waals surface area contributed by atoms with E-state index < -0.39 is 0 Å². The van der Waals surface area contributed by atoms with Gasteiger partial charge in [0.25, 0.3) is 0 Å². The summed E-state index contributed by atoms with van der Waals surface area (Å²) < 4.78 is 7.98. The number of hydrogen-bond donors (Lipinski definition) is 2. The van der Waals surface area contributed by atoms with Gasteiger partial charge in [-0.15, -0.1) is 0 Å². The number of ether oxygens (including phenoxy) is 1. The SMILES string of the molecule is CC1=CN=C(C)C2=NC(CCc3nc4c5c(ccn4c3C)NCCO5)NN12. The highest BCUT2D eigenvalue weighted by molar-refractivity contribution is 6.41. The summed E-state index contributed by atoms with van der Waals surface area (Å²) in [5, 5.41) is 5.40. The molecule has 2 N–H and O–H groups in total. The van der Waals surface area contributed by atoms with Gasteiger partial charge in [0, 0.05) is 24.6 Å². The number of pyridine rings is 1. The van der Waals surface area contributed by atoms with Crippen LogP contribution in [0, 0.1) is 6.92 Å². The van der Waals surface area contributed by atoms with Gasteiger partial charge in [0.05, 0.1) is 22.8 Å². The van der Waals surface area contributed by atoms with Crippen molar-refractivity contribution in [1.82, 2.24) is 19.8 Å². The van der Waals surface area contributed by atoms with Crippen LogP contribution in [0.15, 0.2) is 34.1 Å². The van der Waals surface area contributed by atoms with Crippen molar-refractivity contribution in [3.8, 4) is 5.75 Å². The topological polar surface area (TPSA) is 78.5 Å². The van der Waals surface area contributed by atoms with E-state index in [1.54, 1.807) is 0 Å². The van der Waals surface area contributed by atoms with Crippen LogP contribution in [0.5, 0.6) is 5.75 Å². The highest BCUT2D eigenvalue weighted by Crippen LogP contribution is 2.33. The zero-order chi connectivity index (χ0) is 18.5. The Hall–Kier alpha value is -2.87. The average molecular weight is 365 g/mol. The van der Waals surface area contributed by atoms with Gasteiger partial charge in [0.1, 0.15) is 12.8 Å². The fraction of sp³-hybridized carbons (Fsp3) is 0.421. The summed E-state index contributed by atoms with van der Waals surface area (Å²) in [6.45, 7) is 7.63. The fourth-order valence-electron chi connectivity index (χ4n) is 3.78. The normalized spacial score (nSPS) is 21.1. The molecule has 0 spiro atoms. The van der Waals surface area contributed by atoms with Crippen LogP contribution in [0.25, 0.3) is 5.65 Å². The van der Waals surface area contributed by atoms with E-state index >= 15 is 0 Å². The molecule has 3 aliphatic rings. The maximum atomic E-state index is 5.86. The minimum atomic E-state index is 0.0302. The number of amidine groups is 1. The van der Waals surface area contributed by atoms with Crippen LogP contribution in [0.4, 0.5) is 5.69 Å². The number of aromatic nitrogens is 2. The first kappa shape index (κ1) is 16.3. The molecule has 0 amide bonds. The number of rotatable bonds is 3. The minimum Gasteiger partial charge on any atom is -0.486 e. The van der Waals surface area contributed by atoms with Crippen molar-refractivity contribution in [1.29, 1.82) is 0 Å². The van der Waals surface area contributed by atoms with Gasteiger partial charge in [0.15, 0.2) is 17.2 Å². The monoisotopic (exact) mass is 365 g/mol. The Bertz CT molecular complexity index is 1020. The van der Waals surface area contributed by atoms with Crippen molar-refractivity contribution in [2.45, 2.75) is 39.8 Å². The summed E-state index contributed by atoms with van der Waals surface area (Å²) in [4.78, 5) is 14.1.